The molecule has 0 spiro atoms. The van der Waals surface area contributed by atoms with Crippen molar-refractivity contribution < 1.29 is 23.5 Å². The largest absolute Gasteiger partial charge is 0.494 e. The molecule has 7 heteroatoms. The number of nitrogens with zero attached hydrogens (tertiary/aromatic N) is 1. The molecule has 1 heterocycles. The van der Waals surface area contributed by atoms with Crippen molar-refractivity contribution in [1.29, 1.82) is 0 Å². The Balaban J connectivity index is 0.000000755. The lowest BCUT2D eigenvalue weighted by Crippen LogP contribution is -2.14. The van der Waals surface area contributed by atoms with E-state index in [9.17, 15) is 9.18 Å². The molecule has 0 fully saturated rings. The number of pyridine rings is 1. The zero-order valence-electron chi connectivity index (χ0n) is 15.8. The number of rotatable bonds is 3. The van der Waals surface area contributed by atoms with Crippen LogP contribution in [0, 0.1) is 12.7 Å². The first-order valence-corrected chi connectivity index (χ1v) is 8.66. The molecule has 0 bridgehead atoms. The first-order valence-electron chi connectivity index (χ1n) is 8.66. The van der Waals surface area contributed by atoms with Crippen molar-refractivity contribution >= 4 is 12.1 Å². The summed E-state index contributed by atoms with van der Waals surface area (Å²) in [5.74, 6) is -0.835. The normalized spacial score (nSPS) is 10.9. The highest BCUT2D eigenvalue weighted by Gasteiger charge is 2.26. The molecule has 1 aromatic heterocycles. The minimum atomic E-state index is -0.511. The lowest BCUT2D eigenvalue weighted by molar-refractivity contribution is -0.191. The van der Waals surface area contributed by atoms with Gasteiger partial charge in [-0.15, -0.1) is 0 Å². The molecule has 0 unspecified atom stereocenters. The van der Waals surface area contributed by atoms with E-state index >= 15 is 0 Å². The monoisotopic (exact) mass is 392 g/mol. The molecule has 2 aromatic carbocycles. The number of nitrogens with two attached hydrogens (primary N) is 1. The van der Waals surface area contributed by atoms with Gasteiger partial charge in [0.25, 0.3) is 0 Å². The molecule has 6 nitrogen and oxygen atoms in total. The lowest BCUT2D eigenvalue weighted by atomic mass is 10.0. The van der Waals surface area contributed by atoms with Crippen LogP contribution in [0.15, 0.2) is 42.5 Å². The van der Waals surface area contributed by atoms with E-state index in [-0.39, 0.29) is 11.9 Å². The maximum absolute atomic E-state index is 14.1. The molecule has 0 atom stereocenters. The number of aromatic nitrogens is 1. The Bertz CT molecular complexity index is 1150. The fourth-order valence-corrected chi connectivity index (χ4v) is 3.46. The standard InChI is InChI=1S/C21H17FN2O2.CO2/c1-11-3-5-14-13(7-11)8-15-16(21(23)25)10-18(24-20(14)15)12-4-6-19(26-2)17(22)9-12;2-1-3/h3-7,9-10H,8H2,1-2H3,(H2,23,25);. The third-order valence-corrected chi connectivity index (χ3v) is 4.72. The van der Waals surface area contributed by atoms with Crippen LogP contribution in [0.5, 0.6) is 5.75 Å². The second kappa shape index (κ2) is 8.04. The van der Waals surface area contributed by atoms with Crippen molar-refractivity contribution in [2.45, 2.75) is 13.3 Å². The number of fused-ring (bicyclic) bond motifs is 3. The third kappa shape index (κ3) is 3.77. The van der Waals surface area contributed by atoms with Crippen molar-refractivity contribution in [2.24, 2.45) is 5.73 Å². The van der Waals surface area contributed by atoms with Gasteiger partial charge in [-0.2, -0.15) is 9.59 Å². The van der Waals surface area contributed by atoms with Gasteiger partial charge in [-0.1, -0.05) is 23.8 Å². The summed E-state index contributed by atoms with van der Waals surface area (Å²) in [5.41, 5.74) is 11.9. The van der Waals surface area contributed by atoms with Gasteiger partial charge in [0, 0.05) is 23.1 Å². The number of halogens is 1. The molecule has 2 N–H and O–H groups in total. The maximum atomic E-state index is 14.1. The van der Waals surface area contributed by atoms with Gasteiger partial charge in [-0.25, -0.2) is 9.37 Å². The molecule has 1 aliphatic carbocycles. The fourth-order valence-electron chi connectivity index (χ4n) is 3.46. The second-order valence-electron chi connectivity index (χ2n) is 6.52. The van der Waals surface area contributed by atoms with Gasteiger partial charge < -0.3 is 10.5 Å². The summed E-state index contributed by atoms with van der Waals surface area (Å²) in [6.45, 7) is 2.03. The van der Waals surface area contributed by atoms with Gasteiger partial charge in [0.05, 0.1) is 18.5 Å². The Labute approximate surface area is 166 Å². The number of carbonyl (C=O) groups is 1. The van der Waals surface area contributed by atoms with E-state index in [0.29, 0.717) is 23.2 Å². The molecule has 1 aliphatic rings. The molecule has 146 valence electrons. The molecule has 4 rings (SSSR count). The van der Waals surface area contributed by atoms with Gasteiger partial charge in [0.1, 0.15) is 0 Å². The number of carbonyl (C=O) groups excluding carboxylic acids is 3. The molecule has 3 aromatic rings. The number of aryl methyl sites for hydroxylation is 1. The summed E-state index contributed by atoms with van der Waals surface area (Å²) in [6.07, 6.45) is 0.870. The first kappa shape index (κ1) is 19.9. The van der Waals surface area contributed by atoms with Crippen LogP contribution in [0.1, 0.15) is 27.0 Å². The quantitative estimate of drug-likeness (QED) is 0.577. The number of primary amides is 1. The van der Waals surface area contributed by atoms with E-state index in [1.807, 2.05) is 19.1 Å². The van der Waals surface area contributed by atoms with Crippen molar-refractivity contribution in [3.63, 3.8) is 0 Å². The summed E-state index contributed by atoms with van der Waals surface area (Å²) in [7, 11) is 1.41. The molecule has 0 saturated heterocycles. The second-order valence-corrected chi connectivity index (χ2v) is 6.52. The van der Waals surface area contributed by atoms with E-state index < -0.39 is 11.7 Å². The summed E-state index contributed by atoms with van der Waals surface area (Å²) < 4.78 is 19.1. The fraction of sp³-hybridized carbons (Fsp3) is 0.136. The average Bonchev–Trinajstić information content (AvgIpc) is 3.04. The molecule has 0 radical (unpaired) electrons. The molecule has 0 aliphatic heterocycles. The number of ether oxygens (including phenoxy) is 1. The topological polar surface area (TPSA) is 99.3 Å². The van der Waals surface area contributed by atoms with E-state index in [1.165, 1.54) is 13.2 Å². The molecular weight excluding hydrogens is 375 g/mol. The van der Waals surface area contributed by atoms with Crippen LogP contribution in [0.25, 0.3) is 22.5 Å². The Kier molecular flexibility index (Phi) is 5.52. The van der Waals surface area contributed by atoms with E-state index in [0.717, 1.165) is 27.9 Å². The summed E-state index contributed by atoms with van der Waals surface area (Å²) >= 11 is 0. The zero-order chi connectivity index (χ0) is 21.1. The van der Waals surface area contributed by atoms with Gasteiger partial charge >= 0.3 is 6.15 Å². The Morgan fingerprint density at radius 2 is 1.90 bits per heavy atom. The van der Waals surface area contributed by atoms with Crippen LogP contribution in [0.3, 0.4) is 0 Å². The third-order valence-electron chi connectivity index (χ3n) is 4.72. The average molecular weight is 392 g/mol. The highest BCUT2D eigenvalue weighted by atomic mass is 19.1. The molecule has 0 saturated carbocycles. The van der Waals surface area contributed by atoms with E-state index in [1.54, 1.807) is 18.2 Å². The van der Waals surface area contributed by atoms with Gasteiger partial charge in [0.2, 0.25) is 5.91 Å². The predicted molar refractivity (Wildman–Crippen MR) is 103 cm³/mol. The van der Waals surface area contributed by atoms with Gasteiger partial charge in [0.15, 0.2) is 11.6 Å². The van der Waals surface area contributed by atoms with Crippen LogP contribution in [-0.4, -0.2) is 24.2 Å². The van der Waals surface area contributed by atoms with Crippen LogP contribution < -0.4 is 10.5 Å². The van der Waals surface area contributed by atoms with Gasteiger partial charge in [-0.3, -0.25) is 4.79 Å². The minimum absolute atomic E-state index is 0.158. The van der Waals surface area contributed by atoms with Crippen molar-refractivity contribution in [1.82, 2.24) is 4.98 Å². The smallest absolute Gasteiger partial charge is 0.373 e. The highest BCUT2D eigenvalue weighted by Crippen LogP contribution is 2.39. The molecule has 1 amide bonds. The number of hydrogen-bond donors (Lipinski definition) is 1. The maximum Gasteiger partial charge on any atom is 0.373 e. The summed E-state index contributed by atoms with van der Waals surface area (Å²) in [4.78, 5) is 33.0. The number of benzene rings is 2. The van der Waals surface area contributed by atoms with Gasteiger partial charge in [-0.05, 0) is 42.3 Å². The molecule has 29 heavy (non-hydrogen) atoms. The SMILES string of the molecule is COc1ccc(-c2cc(C(N)=O)c3c(n2)-c2ccc(C)cc2C3)cc1F.O=C=O. The molecular formula is C22H17FN2O4. The number of amides is 1. The van der Waals surface area contributed by atoms with Crippen molar-refractivity contribution in [3.8, 4) is 28.3 Å². The number of methoxy groups -OCH3 is 1. The highest BCUT2D eigenvalue weighted by molar-refractivity contribution is 5.98. The Morgan fingerprint density at radius 1 is 1.17 bits per heavy atom. The van der Waals surface area contributed by atoms with E-state index in [4.69, 9.17) is 25.0 Å². The predicted octanol–water partition coefficient (Wildman–Crippen LogP) is 3.29. The van der Waals surface area contributed by atoms with Crippen LogP contribution >= 0.6 is 0 Å². The Morgan fingerprint density at radius 3 is 2.52 bits per heavy atom. The minimum Gasteiger partial charge on any atom is -0.494 e. The van der Waals surface area contributed by atoms with Crippen LogP contribution in [-0.2, 0) is 16.0 Å². The van der Waals surface area contributed by atoms with Crippen LogP contribution in [0.2, 0.25) is 0 Å². The van der Waals surface area contributed by atoms with Crippen molar-refractivity contribution in [3.05, 3.63) is 70.5 Å². The number of hydrogen-bond acceptors (Lipinski definition) is 5. The summed E-state index contributed by atoms with van der Waals surface area (Å²) in [5, 5.41) is 0. The summed E-state index contributed by atoms with van der Waals surface area (Å²) in [6, 6.07) is 12.4. The van der Waals surface area contributed by atoms with E-state index in [2.05, 4.69) is 6.07 Å². The zero-order valence-corrected chi connectivity index (χ0v) is 15.8. The first-order chi connectivity index (χ1) is 13.9. The van der Waals surface area contributed by atoms with Crippen LogP contribution in [0.4, 0.5) is 4.39 Å². The van der Waals surface area contributed by atoms with Crippen molar-refractivity contribution in [2.75, 3.05) is 7.11 Å². The lowest BCUT2D eigenvalue weighted by Gasteiger charge is -2.10. The Hall–Kier alpha value is -3.83.